The molecule has 1 aromatic heterocycles. The van der Waals surface area contributed by atoms with Crippen molar-refractivity contribution in [3.63, 3.8) is 0 Å². The fourth-order valence-electron chi connectivity index (χ4n) is 4.53. The molecule has 10 heteroatoms. The zero-order valence-corrected chi connectivity index (χ0v) is 22.5. The van der Waals surface area contributed by atoms with Crippen LogP contribution in [-0.2, 0) is 6.54 Å². The van der Waals surface area contributed by atoms with Crippen molar-refractivity contribution < 1.29 is 9.53 Å². The van der Waals surface area contributed by atoms with E-state index in [1.54, 1.807) is 18.2 Å². The summed E-state index contributed by atoms with van der Waals surface area (Å²) in [5.41, 5.74) is 5.37. The van der Waals surface area contributed by atoms with E-state index in [9.17, 15) is 4.79 Å². The Morgan fingerprint density at radius 3 is 2.62 bits per heavy atom. The second kappa shape index (κ2) is 10.7. The minimum absolute atomic E-state index is 0.0578. The van der Waals surface area contributed by atoms with Crippen LogP contribution in [0.5, 0.6) is 5.88 Å². The summed E-state index contributed by atoms with van der Waals surface area (Å²) >= 11 is 12.6. The minimum atomic E-state index is -0.327. The molecule has 3 heterocycles. The molecule has 1 N–H and O–H groups in total. The standard InChI is InChI=1S/C27H28Cl2N6O2/c1-33(2)15-18-13-19(7-8-20(18)17-9-11-34(3)12-10-17)31-27-30-14-21-25(32-27)37-16-35(26(21)36)24-22(28)5-4-6-23(24)29/h4-9,13-14H,10-12,15-16H2,1-3H3,(H,30,31,32). The third-order valence-electron chi connectivity index (χ3n) is 6.37. The number of para-hydroxylation sites is 1. The first-order chi connectivity index (χ1) is 17.8. The first kappa shape index (κ1) is 25.5. The van der Waals surface area contributed by atoms with Crippen LogP contribution in [-0.4, -0.2) is 66.6 Å². The molecule has 192 valence electrons. The van der Waals surface area contributed by atoms with Gasteiger partial charge >= 0.3 is 0 Å². The lowest BCUT2D eigenvalue weighted by molar-refractivity contribution is 0.0932. The highest BCUT2D eigenvalue weighted by atomic mass is 35.5. The Bertz CT molecular complexity index is 1360. The number of halogens is 2. The number of rotatable bonds is 6. The molecule has 0 radical (unpaired) electrons. The van der Waals surface area contributed by atoms with Gasteiger partial charge in [-0.3, -0.25) is 9.69 Å². The highest BCUT2D eigenvalue weighted by Crippen LogP contribution is 2.37. The fourth-order valence-corrected chi connectivity index (χ4v) is 5.13. The normalized spacial score (nSPS) is 15.9. The molecule has 3 aromatic rings. The van der Waals surface area contributed by atoms with Crippen LogP contribution in [0.4, 0.5) is 17.3 Å². The lowest BCUT2D eigenvalue weighted by atomic mass is 9.94. The van der Waals surface area contributed by atoms with E-state index < -0.39 is 0 Å². The summed E-state index contributed by atoms with van der Waals surface area (Å²) in [5, 5.41) is 3.99. The van der Waals surface area contributed by atoms with Gasteiger partial charge < -0.3 is 19.9 Å². The summed E-state index contributed by atoms with van der Waals surface area (Å²) in [6, 6.07) is 11.4. The number of aromatic nitrogens is 2. The molecule has 8 nitrogen and oxygen atoms in total. The average molecular weight is 539 g/mol. The highest BCUT2D eigenvalue weighted by Gasteiger charge is 2.31. The Balaban J connectivity index is 1.38. The third kappa shape index (κ3) is 5.43. The van der Waals surface area contributed by atoms with E-state index in [-0.39, 0.29) is 24.1 Å². The molecule has 0 saturated heterocycles. The molecule has 5 rings (SSSR count). The van der Waals surface area contributed by atoms with E-state index >= 15 is 0 Å². The van der Waals surface area contributed by atoms with Crippen LogP contribution in [0.2, 0.25) is 10.0 Å². The summed E-state index contributed by atoms with van der Waals surface area (Å²) in [6.07, 6.45) is 4.80. The van der Waals surface area contributed by atoms with Gasteiger partial charge in [-0.1, -0.05) is 41.4 Å². The van der Waals surface area contributed by atoms with Crippen molar-refractivity contribution in [3.05, 3.63) is 75.4 Å². The summed E-state index contributed by atoms with van der Waals surface area (Å²) in [6.45, 7) is 2.76. The second-order valence-electron chi connectivity index (χ2n) is 9.47. The number of ether oxygens (including phenoxy) is 1. The number of hydrogen-bond donors (Lipinski definition) is 1. The van der Waals surface area contributed by atoms with Crippen LogP contribution in [0.15, 0.2) is 48.7 Å². The largest absolute Gasteiger partial charge is 0.455 e. The number of benzene rings is 2. The number of carbonyl (C=O) groups excluding carboxylic acids is 1. The SMILES string of the molecule is CN(C)Cc1cc(Nc2ncc3c(n2)OCN(c2c(Cl)cccc2Cl)C3=O)ccc1C1=CCN(C)CC1. The van der Waals surface area contributed by atoms with Gasteiger partial charge in [-0.2, -0.15) is 4.98 Å². The van der Waals surface area contributed by atoms with Crippen molar-refractivity contribution in [2.24, 2.45) is 0 Å². The van der Waals surface area contributed by atoms with Gasteiger partial charge in [0.1, 0.15) is 5.56 Å². The van der Waals surface area contributed by atoms with Gasteiger partial charge in [0.05, 0.1) is 15.7 Å². The van der Waals surface area contributed by atoms with E-state index in [0.29, 0.717) is 21.7 Å². The minimum Gasteiger partial charge on any atom is -0.455 e. The van der Waals surface area contributed by atoms with Gasteiger partial charge in [-0.15, -0.1) is 0 Å². The van der Waals surface area contributed by atoms with Crippen molar-refractivity contribution in [2.75, 3.05) is 51.2 Å². The molecule has 0 spiro atoms. The van der Waals surface area contributed by atoms with E-state index in [1.165, 1.54) is 27.8 Å². The topological polar surface area (TPSA) is 73.8 Å². The summed E-state index contributed by atoms with van der Waals surface area (Å²) < 4.78 is 5.81. The zero-order chi connectivity index (χ0) is 26.1. The third-order valence-corrected chi connectivity index (χ3v) is 6.98. The molecule has 2 aliphatic heterocycles. The van der Waals surface area contributed by atoms with Crippen molar-refractivity contribution >= 4 is 52.0 Å². The average Bonchev–Trinajstić information content (AvgIpc) is 2.86. The number of carbonyl (C=O) groups is 1. The Labute approximate surface area is 226 Å². The summed E-state index contributed by atoms with van der Waals surface area (Å²) in [5.74, 6) is 0.230. The molecule has 0 saturated carbocycles. The predicted molar refractivity (Wildman–Crippen MR) is 148 cm³/mol. The molecule has 0 unspecified atom stereocenters. The molecule has 1 amide bonds. The van der Waals surface area contributed by atoms with E-state index in [1.807, 2.05) is 6.07 Å². The van der Waals surface area contributed by atoms with Crippen molar-refractivity contribution in [3.8, 4) is 5.88 Å². The fraction of sp³-hybridized carbons (Fsp3) is 0.296. The smallest absolute Gasteiger partial charge is 0.268 e. The maximum Gasteiger partial charge on any atom is 0.268 e. The first-order valence-electron chi connectivity index (χ1n) is 12.0. The molecule has 2 aliphatic rings. The molecule has 0 bridgehead atoms. The molecule has 2 aromatic carbocycles. The lowest BCUT2D eigenvalue weighted by Crippen LogP contribution is -2.39. The van der Waals surface area contributed by atoms with Gasteiger partial charge in [-0.25, -0.2) is 4.98 Å². The molecule has 0 atom stereocenters. The number of amides is 1. The summed E-state index contributed by atoms with van der Waals surface area (Å²) in [4.78, 5) is 27.9. The predicted octanol–water partition coefficient (Wildman–Crippen LogP) is 5.30. The van der Waals surface area contributed by atoms with Crippen LogP contribution in [0, 0.1) is 0 Å². The Morgan fingerprint density at radius 2 is 1.92 bits per heavy atom. The zero-order valence-electron chi connectivity index (χ0n) is 21.0. The Morgan fingerprint density at radius 1 is 1.14 bits per heavy atom. The molecule has 0 aliphatic carbocycles. The van der Waals surface area contributed by atoms with Gasteiger partial charge in [-0.05, 0) is 68.5 Å². The quantitative estimate of drug-likeness (QED) is 0.456. The van der Waals surface area contributed by atoms with Gasteiger partial charge in [0.15, 0.2) is 6.73 Å². The van der Waals surface area contributed by atoms with Crippen molar-refractivity contribution in [1.82, 2.24) is 19.8 Å². The van der Waals surface area contributed by atoms with Gasteiger partial charge in [0.25, 0.3) is 5.91 Å². The van der Waals surface area contributed by atoms with Crippen LogP contribution in [0.25, 0.3) is 5.57 Å². The van der Waals surface area contributed by atoms with Crippen molar-refractivity contribution in [1.29, 1.82) is 0 Å². The van der Waals surface area contributed by atoms with Crippen LogP contribution >= 0.6 is 23.2 Å². The molecular formula is C27H28Cl2N6O2. The molecule has 0 fully saturated rings. The number of nitrogens with zero attached hydrogens (tertiary/aromatic N) is 5. The van der Waals surface area contributed by atoms with Crippen LogP contribution in [0.3, 0.4) is 0 Å². The van der Waals surface area contributed by atoms with E-state index in [2.05, 4.69) is 64.4 Å². The number of nitrogens with one attached hydrogen (secondary N) is 1. The Kier molecular flexibility index (Phi) is 7.35. The molecule has 37 heavy (non-hydrogen) atoms. The first-order valence-corrected chi connectivity index (χ1v) is 12.7. The second-order valence-corrected chi connectivity index (χ2v) is 10.3. The van der Waals surface area contributed by atoms with E-state index in [4.69, 9.17) is 27.9 Å². The van der Waals surface area contributed by atoms with Crippen LogP contribution < -0.4 is 15.0 Å². The maximum atomic E-state index is 13.2. The number of likely N-dealkylation sites (N-methyl/N-ethyl adjacent to an activating group) is 1. The number of fused-ring (bicyclic) bond motifs is 1. The summed E-state index contributed by atoms with van der Waals surface area (Å²) in [7, 11) is 6.26. The monoisotopic (exact) mass is 538 g/mol. The van der Waals surface area contributed by atoms with Gasteiger partial charge in [0, 0.05) is 31.5 Å². The number of anilines is 3. The number of hydrogen-bond acceptors (Lipinski definition) is 7. The highest BCUT2D eigenvalue weighted by molar-refractivity contribution is 6.40. The van der Waals surface area contributed by atoms with Crippen molar-refractivity contribution in [2.45, 2.75) is 13.0 Å². The van der Waals surface area contributed by atoms with Crippen LogP contribution in [0.1, 0.15) is 27.9 Å². The molecular weight excluding hydrogens is 511 g/mol. The lowest BCUT2D eigenvalue weighted by Gasteiger charge is -2.29. The van der Waals surface area contributed by atoms with E-state index in [0.717, 1.165) is 31.7 Å². The Hall–Kier alpha value is -3.17. The van der Waals surface area contributed by atoms with Gasteiger partial charge in [0.2, 0.25) is 11.8 Å². The maximum absolute atomic E-state index is 13.2.